The van der Waals surface area contributed by atoms with Gasteiger partial charge in [0.25, 0.3) is 0 Å². The Balaban J connectivity index is 2.20. The van der Waals surface area contributed by atoms with Crippen molar-refractivity contribution in [1.29, 1.82) is 5.26 Å². The second-order valence-corrected chi connectivity index (χ2v) is 5.46. The largest absolute Gasteiger partial charge is 0.396 e. The van der Waals surface area contributed by atoms with E-state index >= 15 is 0 Å². The van der Waals surface area contributed by atoms with Crippen LogP contribution in [0.15, 0.2) is 24.3 Å². The highest BCUT2D eigenvalue weighted by molar-refractivity contribution is 5.38. The van der Waals surface area contributed by atoms with Crippen LogP contribution in [-0.2, 0) is 9.47 Å². The number of ether oxygens (including phenoxy) is 2. The van der Waals surface area contributed by atoms with E-state index in [1.807, 2.05) is 32.0 Å². The molecule has 1 N–H and O–H groups in total. The summed E-state index contributed by atoms with van der Waals surface area (Å²) in [5, 5.41) is 18.6. The number of hydrogen-bond donors (Lipinski definition) is 1. The molecule has 102 valence electrons. The molecular formula is C15H19NO3. The van der Waals surface area contributed by atoms with Crippen molar-refractivity contribution in [2.75, 3.05) is 13.2 Å². The molecule has 0 spiro atoms. The predicted octanol–water partition coefficient (Wildman–Crippen LogP) is 2.38. The van der Waals surface area contributed by atoms with Crippen molar-refractivity contribution in [3.63, 3.8) is 0 Å². The van der Waals surface area contributed by atoms with Crippen LogP contribution in [-0.4, -0.2) is 24.4 Å². The number of aliphatic hydroxyl groups excluding tert-OH is 1. The van der Waals surface area contributed by atoms with Gasteiger partial charge in [-0.3, -0.25) is 0 Å². The minimum Gasteiger partial charge on any atom is -0.396 e. The summed E-state index contributed by atoms with van der Waals surface area (Å²) in [6.07, 6.45) is 0.141. The summed E-state index contributed by atoms with van der Waals surface area (Å²) in [6.45, 7) is 4.56. The first-order valence-electron chi connectivity index (χ1n) is 6.45. The van der Waals surface area contributed by atoms with Crippen LogP contribution in [0.5, 0.6) is 0 Å². The number of rotatable bonds is 3. The molecule has 0 saturated carbocycles. The molecule has 1 fully saturated rings. The first kappa shape index (κ1) is 14.0. The molecule has 2 rings (SSSR count). The normalized spacial score (nSPS) is 23.9. The SMILES string of the molecule is CC(C)(CO)[C@@H]1CCO[C@H](c2ccccc2C#N)O1. The van der Waals surface area contributed by atoms with Crippen molar-refractivity contribution < 1.29 is 14.6 Å². The smallest absolute Gasteiger partial charge is 0.185 e. The van der Waals surface area contributed by atoms with E-state index in [2.05, 4.69) is 6.07 Å². The van der Waals surface area contributed by atoms with Gasteiger partial charge in [0.1, 0.15) is 0 Å². The summed E-state index contributed by atoms with van der Waals surface area (Å²) in [4.78, 5) is 0. The lowest BCUT2D eigenvalue weighted by Gasteiger charge is -2.39. The summed E-state index contributed by atoms with van der Waals surface area (Å²) >= 11 is 0. The van der Waals surface area contributed by atoms with E-state index in [-0.39, 0.29) is 18.1 Å². The van der Waals surface area contributed by atoms with Crippen LogP contribution < -0.4 is 0 Å². The molecular weight excluding hydrogens is 242 g/mol. The Morgan fingerprint density at radius 1 is 1.42 bits per heavy atom. The van der Waals surface area contributed by atoms with Gasteiger partial charge in [0, 0.05) is 11.0 Å². The number of nitrogens with zero attached hydrogens (tertiary/aromatic N) is 1. The zero-order chi connectivity index (χ0) is 13.9. The quantitative estimate of drug-likeness (QED) is 0.907. The topological polar surface area (TPSA) is 62.5 Å². The summed E-state index contributed by atoms with van der Waals surface area (Å²) in [7, 11) is 0. The van der Waals surface area contributed by atoms with E-state index in [0.717, 1.165) is 12.0 Å². The van der Waals surface area contributed by atoms with Gasteiger partial charge >= 0.3 is 0 Å². The molecule has 0 bridgehead atoms. The van der Waals surface area contributed by atoms with Crippen LogP contribution in [0.4, 0.5) is 0 Å². The van der Waals surface area contributed by atoms with Crippen LogP contribution >= 0.6 is 0 Å². The van der Waals surface area contributed by atoms with Crippen molar-refractivity contribution >= 4 is 0 Å². The van der Waals surface area contributed by atoms with Gasteiger partial charge in [-0.1, -0.05) is 32.0 Å². The van der Waals surface area contributed by atoms with Crippen molar-refractivity contribution in [2.45, 2.75) is 32.7 Å². The van der Waals surface area contributed by atoms with E-state index < -0.39 is 6.29 Å². The molecule has 0 aliphatic carbocycles. The highest BCUT2D eigenvalue weighted by Gasteiger charge is 2.36. The zero-order valence-electron chi connectivity index (χ0n) is 11.3. The van der Waals surface area contributed by atoms with Gasteiger partial charge in [-0.25, -0.2) is 0 Å². The Morgan fingerprint density at radius 3 is 2.84 bits per heavy atom. The van der Waals surface area contributed by atoms with Crippen LogP contribution in [0.2, 0.25) is 0 Å². The Kier molecular flexibility index (Phi) is 4.20. The average molecular weight is 261 g/mol. The van der Waals surface area contributed by atoms with Gasteiger partial charge in [-0.05, 0) is 12.5 Å². The molecule has 1 aliphatic heterocycles. The van der Waals surface area contributed by atoms with Crippen molar-refractivity contribution in [2.24, 2.45) is 5.41 Å². The molecule has 0 amide bonds. The second kappa shape index (κ2) is 5.70. The maximum atomic E-state index is 9.43. The number of nitriles is 1. The lowest BCUT2D eigenvalue weighted by molar-refractivity contribution is -0.244. The van der Waals surface area contributed by atoms with E-state index in [0.29, 0.717) is 12.2 Å². The molecule has 1 saturated heterocycles. The number of aliphatic hydroxyl groups is 1. The molecule has 0 aromatic heterocycles. The highest BCUT2D eigenvalue weighted by atomic mass is 16.7. The maximum absolute atomic E-state index is 9.43. The Labute approximate surface area is 113 Å². The predicted molar refractivity (Wildman–Crippen MR) is 70.2 cm³/mol. The Bertz CT molecular complexity index is 479. The van der Waals surface area contributed by atoms with E-state index in [1.54, 1.807) is 6.07 Å². The fraction of sp³-hybridized carbons (Fsp3) is 0.533. The van der Waals surface area contributed by atoms with Gasteiger partial charge in [0.2, 0.25) is 0 Å². The molecule has 1 aromatic rings. The van der Waals surface area contributed by atoms with E-state index in [4.69, 9.17) is 14.7 Å². The zero-order valence-corrected chi connectivity index (χ0v) is 11.3. The fourth-order valence-corrected chi connectivity index (χ4v) is 2.18. The van der Waals surface area contributed by atoms with Gasteiger partial charge in [-0.15, -0.1) is 0 Å². The molecule has 0 unspecified atom stereocenters. The van der Waals surface area contributed by atoms with Crippen molar-refractivity contribution in [3.05, 3.63) is 35.4 Å². The second-order valence-electron chi connectivity index (χ2n) is 5.46. The van der Waals surface area contributed by atoms with E-state index in [9.17, 15) is 5.11 Å². The van der Waals surface area contributed by atoms with E-state index in [1.165, 1.54) is 0 Å². The van der Waals surface area contributed by atoms with Crippen LogP contribution in [0.1, 0.15) is 37.7 Å². The summed E-state index contributed by atoms with van der Waals surface area (Å²) < 4.78 is 11.6. The summed E-state index contributed by atoms with van der Waals surface area (Å²) in [5.74, 6) is 0. The molecule has 4 nitrogen and oxygen atoms in total. The molecule has 1 aromatic carbocycles. The summed E-state index contributed by atoms with van der Waals surface area (Å²) in [5.41, 5.74) is 1.00. The third-order valence-corrected chi connectivity index (χ3v) is 3.55. The number of benzene rings is 1. The van der Waals surface area contributed by atoms with Gasteiger partial charge in [0.15, 0.2) is 6.29 Å². The minimum absolute atomic E-state index is 0.0598. The van der Waals surface area contributed by atoms with Crippen molar-refractivity contribution in [1.82, 2.24) is 0 Å². The first-order chi connectivity index (χ1) is 9.08. The first-order valence-corrected chi connectivity index (χ1v) is 6.45. The van der Waals surface area contributed by atoms with Gasteiger partial charge in [0.05, 0.1) is 31.0 Å². The lowest BCUT2D eigenvalue weighted by atomic mass is 9.85. The lowest BCUT2D eigenvalue weighted by Crippen LogP contribution is -2.40. The summed E-state index contributed by atoms with van der Waals surface area (Å²) in [6, 6.07) is 9.43. The monoisotopic (exact) mass is 261 g/mol. The molecule has 4 heteroatoms. The number of hydrogen-bond acceptors (Lipinski definition) is 4. The third kappa shape index (κ3) is 2.95. The van der Waals surface area contributed by atoms with Crippen LogP contribution in [0.3, 0.4) is 0 Å². The molecule has 1 aliphatic rings. The van der Waals surface area contributed by atoms with Crippen LogP contribution in [0.25, 0.3) is 0 Å². The van der Waals surface area contributed by atoms with Crippen LogP contribution in [0, 0.1) is 16.7 Å². The Morgan fingerprint density at radius 2 is 2.16 bits per heavy atom. The third-order valence-electron chi connectivity index (χ3n) is 3.55. The molecule has 1 heterocycles. The molecule has 0 radical (unpaired) electrons. The standard InChI is InChI=1S/C15H19NO3/c1-15(2,10-17)13-7-8-18-14(19-13)12-6-4-3-5-11(12)9-16/h3-6,13-14,17H,7-8,10H2,1-2H3/t13-,14-/m0/s1. The van der Waals surface area contributed by atoms with Gasteiger partial charge < -0.3 is 14.6 Å². The fourth-order valence-electron chi connectivity index (χ4n) is 2.18. The minimum atomic E-state index is -0.527. The highest BCUT2D eigenvalue weighted by Crippen LogP contribution is 2.35. The van der Waals surface area contributed by atoms with Gasteiger partial charge in [-0.2, -0.15) is 5.26 Å². The molecule has 2 atom stereocenters. The van der Waals surface area contributed by atoms with Crippen molar-refractivity contribution in [3.8, 4) is 6.07 Å². The Hall–Kier alpha value is -1.41. The maximum Gasteiger partial charge on any atom is 0.185 e. The molecule has 19 heavy (non-hydrogen) atoms. The average Bonchev–Trinajstić information content (AvgIpc) is 2.47.